The van der Waals surface area contributed by atoms with Crippen LogP contribution >= 0.6 is 0 Å². The molecule has 22 heavy (non-hydrogen) atoms. The molecule has 0 atom stereocenters. The van der Waals surface area contributed by atoms with E-state index >= 15 is 0 Å². The molecule has 110 valence electrons. The van der Waals surface area contributed by atoms with Gasteiger partial charge >= 0.3 is 5.63 Å². The van der Waals surface area contributed by atoms with Gasteiger partial charge in [-0.15, -0.1) is 0 Å². The van der Waals surface area contributed by atoms with Gasteiger partial charge in [-0.25, -0.2) is 9.78 Å². The van der Waals surface area contributed by atoms with Crippen LogP contribution < -0.4 is 10.4 Å². The summed E-state index contributed by atoms with van der Waals surface area (Å²) < 4.78 is 10.2. The quantitative estimate of drug-likeness (QED) is 0.545. The third-order valence-corrected chi connectivity index (χ3v) is 3.17. The minimum absolute atomic E-state index is 0.0900. The van der Waals surface area contributed by atoms with E-state index in [0.717, 1.165) is 0 Å². The van der Waals surface area contributed by atoms with Gasteiger partial charge in [-0.1, -0.05) is 12.1 Å². The van der Waals surface area contributed by atoms with E-state index in [1.54, 1.807) is 24.3 Å². The Labute approximate surface area is 123 Å². The smallest absolute Gasteiger partial charge is 0.347 e. The molecule has 0 bridgehead atoms. The Morgan fingerprint density at radius 2 is 2.00 bits per heavy atom. The molecule has 7 nitrogen and oxygen atoms in total. The van der Waals surface area contributed by atoms with Crippen LogP contribution in [0.1, 0.15) is 0 Å². The van der Waals surface area contributed by atoms with E-state index in [0.29, 0.717) is 16.7 Å². The summed E-state index contributed by atoms with van der Waals surface area (Å²) in [6, 6.07) is 10.8. The molecule has 0 saturated heterocycles. The van der Waals surface area contributed by atoms with Crippen molar-refractivity contribution in [3.8, 4) is 17.2 Å². The first-order chi connectivity index (χ1) is 10.6. The third-order valence-electron chi connectivity index (χ3n) is 3.17. The Balaban J connectivity index is 2.31. The maximum Gasteiger partial charge on any atom is 0.347 e. The molecule has 0 aliphatic carbocycles. The summed E-state index contributed by atoms with van der Waals surface area (Å²) >= 11 is 0. The molecular formula is C15H10N2O5. The minimum Gasteiger partial charge on any atom is -0.497 e. The van der Waals surface area contributed by atoms with Crippen molar-refractivity contribution in [3.63, 3.8) is 0 Å². The van der Waals surface area contributed by atoms with E-state index in [-0.39, 0.29) is 17.1 Å². The summed E-state index contributed by atoms with van der Waals surface area (Å²) in [5, 5.41) is 11.5. The second-order valence-corrected chi connectivity index (χ2v) is 4.46. The molecule has 3 rings (SSSR count). The van der Waals surface area contributed by atoms with Gasteiger partial charge in [0.1, 0.15) is 11.3 Å². The zero-order valence-corrected chi connectivity index (χ0v) is 11.5. The lowest BCUT2D eigenvalue weighted by atomic mass is 10.1. The molecule has 1 heterocycles. The molecule has 2 aromatic carbocycles. The highest BCUT2D eigenvalue weighted by Gasteiger charge is 2.20. The first-order valence-corrected chi connectivity index (χ1v) is 6.33. The van der Waals surface area contributed by atoms with E-state index in [9.17, 15) is 14.9 Å². The van der Waals surface area contributed by atoms with Crippen LogP contribution in [0, 0.1) is 10.1 Å². The lowest BCUT2D eigenvalue weighted by Gasteiger charge is -2.05. The molecule has 0 fully saturated rings. The second-order valence-electron chi connectivity index (χ2n) is 4.46. The van der Waals surface area contributed by atoms with Gasteiger partial charge in [0.15, 0.2) is 0 Å². The highest BCUT2D eigenvalue weighted by atomic mass is 16.6. The van der Waals surface area contributed by atoms with Crippen LogP contribution in [0.4, 0.5) is 5.69 Å². The van der Waals surface area contributed by atoms with E-state index in [1.807, 2.05) is 0 Å². The van der Waals surface area contributed by atoms with E-state index in [2.05, 4.69) is 4.98 Å². The average Bonchev–Trinajstić information content (AvgIpc) is 2.54. The number of benzene rings is 2. The minimum atomic E-state index is -0.599. The van der Waals surface area contributed by atoms with Gasteiger partial charge in [-0.2, -0.15) is 0 Å². The topological polar surface area (TPSA) is 95.5 Å². The van der Waals surface area contributed by atoms with Crippen LogP contribution in [0.3, 0.4) is 0 Å². The maximum absolute atomic E-state index is 12.0. The third kappa shape index (κ3) is 2.28. The number of ether oxygens (including phenoxy) is 1. The molecule has 0 radical (unpaired) electrons. The molecule has 0 aliphatic rings. The number of hydrogen-bond acceptors (Lipinski definition) is 6. The highest BCUT2D eigenvalue weighted by Crippen LogP contribution is 2.32. The number of methoxy groups -OCH3 is 1. The van der Waals surface area contributed by atoms with Gasteiger partial charge in [0.05, 0.1) is 22.9 Å². The van der Waals surface area contributed by atoms with Crippen LogP contribution in [0.5, 0.6) is 5.75 Å². The maximum atomic E-state index is 12.0. The summed E-state index contributed by atoms with van der Waals surface area (Å²) in [6.45, 7) is 0. The van der Waals surface area contributed by atoms with E-state index in [1.165, 1.54) is 25.3 Å². The predicted molar refractivity (Wildman–Crippen MR) is 78.9 cm³/mol. The van der Waals surface area contributed by atoms with Gasteiger partial charge in [-0.3, -0.25) is 10.1 Å². The highest BCUT2D eigenvalue weighted by molar-refractivity contribution is 5.79. The van der Waals surface area contributed by atoms with Crippen molar-refractivity contribution >= 4 is 16.6 Å². The standard InChI is InChI=1S/C15H10N2O5/c1-21-9-6-7-13(17(19)20)11(8-9)14-16-12-5-3-2-4-10(12)15(18)22-14/h2-8H,1H3. The number of rotatable bonds is 3. The number of aromatic nitrogens is 1. The van der Waals surface area contributed by atoms with Crippen molar-refractivity contribution in [1.29, 1.82) is 0 Å². The fourth-order valence-electron chi connectivity index (χ4n) is 2.11. The number of para-hydroxylation sites is 1. The molecule has 0 aliphatic heterocycles. The fraction of sp³-hybridized carbons (Fsp3) is 0.0667. The average molecular weight is 298 g/mol. The zero-order chi connectivity index (χ0) is 15.7. The Morgan fingerprint density at radius 3 is 2.73 bits per heavy atom. The summed E-state index contributed by atoms with van der Waals surface area (Å²) in [7, 11) is 1.44. The predicted octanol–water partition coefficient (Wildman–Crippen LogP) is 2.77. The van der Waals surface area contributed by atoms with Crippen LogP contribution in [-0.4, -0.2) is 17.0 Å². The van der Waals surface area contributed by atoms with Crippen molar-refractivity contribution in [2.24, 2.45) is 0 Å². The van der Waals surface area contributed by atoms with Gasteiger partial charge in [-0.05, 0) is 24.3 Å². The lowest BCUT2D eigenvalue weighted by Crippen LogP contribution is -2.04. The number of fused-ring (bicyclic) bond motifs is 1. The summed E-state index contributed by atoms with van der Waals surface area (Å²) in [6.07, 6.45) is 0. The van der Waals surface area contributed by atoms with Crippen LogP contribution in [0.2, 0.25) is 0 Å². The van der Waals surface area contributed by atoms with Crippen LogP contribution in [0.15, 0.2) is 51.7 Å². The van der Waals surface area contributed by atoms with Crippen molar-refractivity contribution in [1.82, 2.24) is 4.98 Å². The van der Waals surface area contributed by atoms with E-state index < -0.39 is 10.5 Å². The second kappa shape index (κ2) is 5.28. The van der Waals surface area contributed by atoms with Crippen LogP contribution in [-0.2, 0) is 0 Å². The molecule has 0 N–H and O–H groups in total. The van der Waals surface area contributed by atoms with Gasteiger partial charge in [0, 0.05) is 6.07 Å². The molecular weight excluding hydrogens is 288 g/mol. The number of nitro benzene ring substituents is 1. The lowest BCUT2D eigenvalue weighted by molar-refractivity contribution is -0.384. The summed E-state index contributed by atoms with van der Waals surface area (Å²) in [5.74, 6) is 0.285. The molecule has 1 aromatic heterocycles. The van der Waals surface area contributed by atoms with Crippen molar-refractivity contribution < 1.29 is 14.1 Å². The number of nitrogens with zero attached hydrogens (tertiary/aromatic N) is 2. The Bertz CT molecular complexity index is 933. The monoisotopic (exact) mass is 298 g/mol. The SMILES string of the molecule is COc1ccc([N+](=O)[O-])c(-c2nc3ccccc3c(=O)o2)c1. The van der Waals surface area contributed by atoms with Gasteiger partial charge in [0.2, 0.25) is 5.89 Å². The molecule has 7 heteroatoms. The van der Waals surface area contributed by atoms with Crippen molar-refractivity contribution in [2.45, 2.75) is 0 Å². The fourth-order valence-corrected chi connectivity index (χ4v) is 2.11. The molecule has 0 spiro atoms. The van der Waals surface area contributed by atoms with Gasteiger partial charge in [0.25, 0.3) is 5.69 Å². The first-order valence-electron chi connectivity index (χ1n) is 6.33. The van der Waals surface area contributed by atoms with Gasteiger partial charge < -0.3 is 9.15 Å². The van der Waals surface area contributed by atoms with E-state index in [4.69, 9.17) is 9.15 Å². The molecule has 0 amide bonds. The van der Waals surface area contributed by atoms with Crippen LogP contribution in [0.25, 0.3) is 22.4 Å². The summed E-state index contributed by atoms with van der Waals surface area (Å²) in [4.78, 5) is 26.8. The van der Waals surface area contributed by atoms with Crippen molar-refractivity contribution in [3.05, 3.63) is 63.0 Å². The zero-order valence-electron chi connectivity index (χ0n) is 11.5. The Morgan fingerprint density at radius 1 is 1.23 bits per heavy atom. The summed E-state index contributed by atoms with van der Waals surface area (Å²) in [5.41, 5.74) is -0.317. The first kappa shape index (κ1) is 13.7. The Kier molecular flexibility index (Phi) is 3.30. The molecule has 3 aromatic rings. The largest absolute Gasteiger partial charge is 0.497 e. The molecule has 0 unspecified atom stereocenters. The van der Waals surface area contributed by atoms with Crippen molar-refractivity contribution in [2.75, 3.05) is 7.11 Å². The normalized spacial score (nSPS) is 10.6. The number of nitro groups is 1. The molecule has 0 saturated carbocycles. The Hall–Kier alpha value is -3.22. The number of hydrogen-bond donors (Lipinski definition) is 0.